The van der Waals surface area contributed by atoms with Crippen LogP contribution in [0.5, 0.6) is 0 Å². The Bertz CT molecular complexity index is 4310. The standard InChI is InChI=1S/C75H60B3N3S/c1-46(2)51-41-55(47(3)4)71(56(42-51)48(5)6)78-60-36-19-23-40-69(60)82-70-45-66-61(43-62(70)78)77-59-35-18-22-39-65(59)80-64-38-21-17-34-58(64)76-57-33-16-20-37-63(57)79(52-29-14-9-15-30-52)67-44-68(73(77)75(80)72(67)76)81(66)74-53(49-25-10-7-11-26-49)31-24-32-54(74)50-27-12-8-13-28-50/h7-48H,1-6H3. The molecule has 82 heavy (non-hydrogen) atoms. The zero-order chi connectivity index (χ0) is 55.1. The third-order valence-electron chi connectivity index (χ3n) is 18.5. The lowest BCUT2D eigenvalue weighted by atomic mass is 9.28. The van der Waals surface area contributed by atoms with Gasteiger partial charge in [0.15, 0.2) is 0 Å². The zero-order valence-corrected chi connectivity index (χ0v) is 48.0. The maximum Gasteiger partial charge on any atom is 0.252 e. The van der Waals surface area contributed by atoms with Gasteiger partial charge in [0.25, 0.3) is 13.4 Å². The largest absolute Gasteiger partial charge is 0.312 e. The van der Waals surface area contributed by atoms with Crippen LogP contribution in [0.4, 0.5) is 51.2 Å². The van der Waals surface area contributed by atoms with Gasteiger partial charge >= 0.3 is 0 Å². The Hall–Kier alpha value is -8.64. The van der Waals surface area contributed by atoms with Gasteiger partial charge in [-0.05, 0) is 127 Å². The number of para-hydroxylation sites is 5. The minimum absolute atomic E-state index is 0.00492. The van der Waals surface area contributed by atoms with Crippen LogP contribution in [-0.4, -0.2) is 20.1 Å². The van der Waals surface area contributed by atoms with Gasteiger partial charge in [-0.3, -0.25) is 0 Å². The van der Waals surface area contributed by atoms with Crippen molar-refractivity contribution in [1.29, 1.82) is 0 Å². The molecule has 7 heteroatoms. The number of benzene rings is 11. The summed E-state index contributed by atoms with van der Waals surface area (Å²) in [6.07, 6.45) is 0. The Balaban J connectivity index is 1.09. The Morgan fingerprint density at radius 1 is 0.305 bits per heavy atom. The van der Waals surface area contributed by atoms with Crippen LogP contribution in [0.1, 0.15) is 76.0 Å². The second-order valence-corrected chi connectivity index (χ2v) is 25.1. The molecule has 0 atom stereocenters. The van der Waals surface area contributed by atoms with Crippen molar-refractivity contribution in [1.82, 2.24) is 0 Å². The maximum atomic E-state index is 2.74. The molecule has 0 radical (unpaired) electrons. The normalized spacial score (nSPS) is 13.9. The number of nitrogens with zero attached hydrogens (tertiary/aromatic N) is 3. The van der Waals surface area contributed by atoms with Gasteiger partial charge in [-0.15, -0.1) is 0 Å². The van der Waals surface area contributed by atoms with Crippen LogP contribution < -0.4 is 63.9 Å². The number of rotatable bonds is 8. The fourth-order valence-electron chi connectivity index (χ4n) is 14.9. The van der Waals surface area contributed by atoms with E-state index >= 15 is 0 Å². The van der Waals surface area contributed by atoms with Crippen LogP contribution in [0.3, 0.4) is 0 Å². The molecule has 5 heterocycles. The second-order valence-electron chi connectivity index (χ2n) is 24.0. The quantitative estimate of drug-likeness (QED) is 0.140. The molecule has 0 amide bonds. The lowest BCUT2D eigenvalue weighted by Crippen LogP contribution is -2.69. The first-order valence-electron chi connectivity index (χ1n) is 29.5. The summed E-state index contributed by atoms with van der Waals surface area (Å²) in [5.74, 6) is 1.07. The van der Waals surface area contributed by atoms with Crippen molar-refractivity contribution in [3.63, 3.8) is 0 Å². The summed E-state index contributed by atoms with van der Waals surface area (Å²) in [6.45, 7) is 14.3. The minimum atomic E-state index is -0.100. The smallest absolute Gasteiger partial charge is 0.252 e. The molecule has 11 aromatic carbocycles. The van der Waals surface area contributed by atoms with Gasteiger partial charge < -0.3 is 14.7 Å². The van der Waals surface area contributed by atoms with E-state index in [0.717, 1.165) is 5.69 Å². The van der Waals surface area contributed by atoms with Crippen molar-refractivity contribution >= 4 is 132 Å². The van der Waals surface area contributed by atoms with Crippen molar-refractivity contribution in [3.8, 4) is 22.3 Å². The Labute approximate surface area is 488 Å². The molecule has 0 bridgehead atoms. The van der Waals surface area contributed by atoms with Gasteiger partial charge in [-0.2, -0.15) is 0 Å². The molecule has 0 aliphatic carbocycles. The molecular weight excluding hydrogens is 1010 g/mol. The van der Waals surface area contributed by atoms with Crippen LogP contribution in [0.2, 0.25) is 0 Å². The van der Waals surface area contributed by atoms with Crippen LogP contribution >= 0.6 is 11.8 Å². The fourth-order valence-corrected chi connectivity index (χ4v) is 16.1. The van der Waals surface area contributed by atoms with Gasteiger partial charge in [0.05, 0.1) is 5.69 Å². The van der Waals surface area contributed by atoms with Crippen molar-refractivity contribution in [2.45, 2.75) is 69.1 Å². The van der Waals surface area contributed by atoms with E-state index in [2.05, 4.69) is 293 Å². The van der Waals surface area contributed by atoms with Gasteiger partial charge in [0, 0.05) is 66.4 Å². The topological polar surface area (TPSA) is 9.72 Å². The van der Waals surface area contributed by atoms with E-state index in [0.29, 0.717) is 17.8 Å². The Kier molecular flexibility index (Phi) is 11.4. The molecule has 0 unspecified atom stereocenters. The van der Waals surface area contributed by atoms with Gasteiger partial charge in [0.2, 0.25) is 6.71 Å². The average molecular weight is 1070 g/mol. The predicted molar refractivity (Wildman–Crippen MR) is 355 cm³/mol. The first-order valence-corrected chi connectivity index (χ1v) is 30.3. The van der Waals surface area contributed by atoms with Crippen LogP contribution in [0.15, 0.2) is 246 Å². The van der Waals surface area contributed by atoms with Gasteiger partial charge in [-0.25, -0.2) is 0 Å². The summed E-state index contributed by atoms with van der Waals surface area (Å²) in [4.78, 5) is 10.6. The number of hydrogen-bond acceptors (Lipinski definition) is 4. The summed E-state index contributed by atoms with van der Waals surface area (Å²) in [6, 6.07) is 90.6. The van der Waals surface area contributed by atoms with E-state index in [4.69, 9.17) is 0 Å². The molecule has 0 spiro atoms. The van der Waals surface area contributed by atoms with Crippen molar-refractivity contribution in [2.75, 3.05) is 14.7 Å². The van der Waals surface area contributed by atoms with E-state index in [1.807, 2.05) is 11.8 Å². The molecule has 5 aliphatic heterocycles. The third kappa shape index (κ3) is 7.21. The molecule has 16 rings (SSSR count). The molecule has 0 saturated carbocycles. The second kappa shape index (κ2) is 19.0. The lowest BCUT2D eigenvalue weighted by Gasteiger charge is -2.51. The predicted octanol–water partition coefficient (Wildman–Crippen LogP) is 14.1. The fraction of sp³-hybridized carbons (Fsp3) is 0.120. The highest BCUT2D eigenvalue weighted by atomic mass is 32.2. The van der Waals surface area contributed by atoms with E-state index < -0.39 is 0 Å². The van der Waals surface area contributed by atoms with Crippen molar-refractivity contribution in [3.05, 3.63) is 253 Å². The lowest BCUT2D eigenvalue weighted by molar-refractivity contribution is 0.812. The summed E-state index contributed by atoms with van der Waals surface area (Å²) in [5, 5.41) is 0. The summed E-state index contributed by atoms with van der Waals surface area (Å²) in [5.41, 5.74) is 32.3. The van der Waals surface area contributed by atoms with Gasteiger partial charge in [0.1, 0.15) is 0 Å². The Morgan fingerprint density at radius 2 is 0.756 bits per heavy atom. The first-order chi connectivity index (χ1) is 40.2. The maximum absolute atomic E-state index is 2.74. The number of fused-ring (bicyclic) bond motifs is 12. The minimum Gasteiger partial charge on any atom is -0.312 e. The van der Waals surface area contributed by atoms with E-state index in [1.54, 1.807) is 0 Å². The van der Waals surface area contributed by atoms with Crippen LogP contribution in [0.25, 0.3) is 22.3 Å². The summed E-state index contributed by atoms with van der Waals surface area (Å²) >= 11 is 1.95. The van der Waals surface area contributed by atoms with Crippen LogP contribution in [0, 0.1) is 0 Å². The van der Waals surface area contributed by atoms with Gasteiger partial charge in [-0.1, -0.05) is 258 Å². The number of anilines is 9. The van der Waals surface area contributed by atoms with E-state index in [1.165, 1.54) is 143 Å². The number of hydrogen-bond donors (Lipinski definition) is 0. The summed E-state index contributed by atoms with van der Waals surface area (Å²) < 4.78 is 0. The third-order valence-corrected chi connectivity index (χ3v) is 19.6. The molecule has 3 nitrogen and oxygen atoms in total. The highest BCUT2D eigenvalue weighted by molar-refractivity contribution is 8.00. The first kappa shape index (κ1) is 49.2. The SMILES string of the molecule is CC(C)c1cc(C(C)C)c(B2c3ccccc3Sc3cc4c(cc32)B2c3ccccc3N3c5ccccc5B5c6ccccc6N(c6ccccc6)c6cc(c2c3c65)N4c2c(-c3ccccc3)cccc2-c2ccccc2)c(C(C)C)c1. The Morgan fingerprint density at radius 3 is 1.30 bits per heavy atom. The van der Waals surface area contributed by atoms with Crippen LogP contribution in [-0.2, 0) is 0 Å². The highest BCUT2D eigenvalue weighted by Crippen LogP contribution is 2.53. The van der Waals surface area contributed by atoms with Crippen molar-refractivity contribution in [2.24, 2.45) is 0 Å². The molecule has 0 N–H and O–H groups in total. The highest BCUT2D eigenvalue weighted by Gasteiger charge is 2.52. The monoisotopic (exact) mass is 1070 g/mol. The molecule has 0 saturated heterocycles. The summed E-state index contributed by atoms with van der Waals surface area (Å²) in [7, 11) is 0. The van der Waals surface area contributed by atoms with E-state index in [9.17, 15) is 0 Å². The molecular formula is C75H60B3N3S. The van der Waals surface area contributed by atoms with Crippen molar-refractivity contribution < 1.29 is 0 Å². The molecule has 11 aromatic rings. The molecule has 0 fully saturated rings. The molecule has 390 valence electrons. The molecule has 5 aliphatic rings. The molecule has 0 aromatic heterocycles. The van der Waals surface area contributed by atoms with E-state index in [-0.39, 0.29) is 20.1 Å². The zero-order valence-electron chi connectivity index (χ0n) is 47.2. The average Bonchev–Trinajstić information content (AvgIpc) is 1.07.